The molecule has 0 atom stereocenters. The summed E-state index contributed by atoms with van der Waals surface area (Å²) in [5.74, 6) is 1.44. The maximum absolute atomic E-state index is 4.66. The average molecular weight is 249 g/mol. The highest BCUT2D eigenvalue weighted by molar-refractivity contribution is 5.41. The van der Waals surface area contributed by atoms with Crippen LogP contribution in [0.5, 0.6) is 0 Å². The van der Waals surface area contributed by atoms with Crippen LogP contribution in [0.3, 0.4) is 0 Å². The summed E-state index contributed by atoms with van der Waals surface area (Å²) >= 11 is 0. The van der Waals surface area contributed by atoms with Crippen LogP contribution >= 0.6 is 0 Å². The van der Waals surface area contributed by atoms with Gasteiger partial charge in [-0.2, -0.15) is 0 Å². The Morgan fingerprint density at radius 1 is 1.00 bits per heavy atom. The zero-order valence-corrected chi connectivity index (χ0v) is 12.5. The molecule has 0 saturated heterocycles. The molecule has 0 saturated carbocycles. The van der Waals surface area contributed by atoms with Crippen molar-refractivity contribution >= 4 is 5.82 Å². The maximum atomic E-state index is 4.66. The van der Waals surface area contributed by atoms with Gasteiger partial charge < -0.3 is 10.6 Å². The number of pyridine rings is 1. The molecular weight excluding hydrogens is 222 g/mol. The SMILES string of the molecule is CC(C)NCc1cc(NC(C)C)nc(C(C)C)c1. The minimum Gasteiger partial charge on any atom is -0.368 e. The van der Waals surface area contributed by atoms with Gasteiger partial charge in [-0.25, -0.2) is 4.98 Å². The van der Waals surface area contributed by atoms with Crippen molar-refractivity contribution in [1.29, 1.82) is 0 Å². The molecule has 3 nitrogen and oxygen atoms in total. The summed E-state index contributed by atoms with van der Waals surface area (Å²) in [7, 11) is 0. The van der Waals surface area contributed by atoms with Gasteiger partial charge in [0, 0.05) is 24.3 Å². The molecule has 0 aliphatic carbocycles. The maximum Gasteiger partial charge on any atom is 0.126 e. The number of nitrogens with zero attached hydrogens (tertiary/aromatic N) is 1. The third-order valence-corrected chi connectivity index (χ3v) is 2.65. The summed E-state index contributed by atoms with van der Waals surface area (Å²) in [4.78, 5) is 4.66. The smallest absolute Gasteiger partial charge is 0.126 e. The molecule has 0 fully saturated rings. The molecule has 1 aromatic heterocycles. The van der Waals surface area contributed by atoms with Gasteiger partial charge in [0.15, 0.2) is 0 Å². The second-order valence-corrected chi connectivity index (χ2v) is 5.77. The van der Waals surface area contributed by atoms with Crippen molar-refractivity contribution in [3.05, 3.63) is 23.4 Å². The predicted molar refractivity (Wildman–Crippen MR) is 79.1 cm³/mol. The molecule has 1 aromatic rings. The molecule has 0 spiro atoms. The van der Waals surface area contributed by atoms with Gasteiger partial charge in [-0.05, 0) is 37.5 Å². The summed E-state index contributed by atoms with van der Waals surface area (Å²) in [6, 6.07) is 5.25. The molecule has 0 aromatic carbocycles. The highest BCUT2D eigenvalue weighted by atomic mass is 15.0. The van der Waals surface area contributed by atoms with E-state index in [9.17, 15) is 0 Å². The van der Waals surface area contributed by atoms with E-state index in [1.807, 2.05) is 0 Å². The van der Waals surface area contributed by atoms with Crippen molar-refractivity contribution in [2.75, 3.05) is 5.32 Å². The molecule has 102 valence electrons. The Bertz CT molecular complexity index is 370. The van der Waals surface area contributed by atoms with Gasteiger partial charge in [-0.1, -0.05) is 27.7 Å². The van der Waals surface area contributed by atoms with E-state index in [1.54, 1.807) is 0 Å². The van der Waals surface area contributed by atoms with E-state index >= 15 is 0 Å². The quantitative estimate of drug-likeness (QED) is 0.810. The van der Waals surface area contributed by atoms with Crippen LogP contribution < -0.4 is 10.6 Å². The third kappa shape index (κ3) is 5.05. The van der Waals surface area contributed by atoms with Crippen molar-refractivity contribution < 1.29 is 0 Å². The van der Waals surface area contributed by atoms with E-state index in [1.165, 1.54) is 5.56 Å². The van der Waals surface area contributed by atoms with Gasteiger partial charge in [-0.3, -0.25) is 0 Å². The standard InChI is InChI=1S/C15H27N3/c1-10(2)14-7-13(9-16-11(3)4)8-15(18-14)17-12(5)6/h7-8,10-12,16H,9H2,1-6H3,(H,17,18). The first-order valence-electron chi connectivity index (χ1n) is 6.89. The van der Waals surface area contributed by atoms with Crippen LogP contribution in [-0.4, -0.2) is 17.1 Å². The molecule has 1 rings (SSSR count). The molecule has 2 N–H and O–H groups in total. The Labute approximate surface area is 111 Å². The second-order valence-electron chi connectivity index (χ2n) is 5.77. The van der Waals surface area contributed by atoms with Crippen LogP contribution in [0.25, 0.3) is 0 Å². The van der Waals surface area contributed by atoms with Gasteiger partial charge in [0.05, 0.1) is 0 Å². The number of hydrogen-bond acceptors (Lipinski definition) is 3. The minimum absolute atomic E-state index is 0.408. The van der Waals surface area contributed by atoms with Gasteiger partial charge in [-0.15, -0.1) is 0 Å². The average Bonchev–Trinajstić information content (AvgIpc) is 2.25. The molecule has 1 heterocycles. The van der Waals surface area contributed by atoms with E-state index in [0.717, 1.165) is 18.1 Å². The van der Waals surface area contributed by atoms with Crippen molar-refractivity contribution in [3.8, 4) is 0 Å². The monoisotopic (exact) mass is 249 g/mol. The Kier molecular flexibility index (Phi) is 5.60. The highest BCUT2D eigenvalue weighted by Crippen LogP contribution is 2.18. The zero-order chi connectivity index (χ0) is 13.7. The summed E-state index contributed by atoms with van der Waals surface area (Å²) < 4.78 is 0. The van der Waals surface area contributed by atoms with Gasteiger partial charge in [0.1, 0.15) is 5.82 Å². The Hall–Kier alpha value is -1.09. The van der Waals surface area contributed by atoms with Crippen LogP contribution in [0.4, 0.5) is 5.82 Å². The summed E-state index contributed by atoms with van der Waals surface area (Å²) in [5.41, 5.74) is 2.45. The summed E-state index contributed by atoms with van der Waals surface area (Å²) in [5, 5.41) is 6.84. The van der Waals surface area contributed by atoms with Crippen molar-refractivity contribution in [1.82, 2.24) is 10.3 Å². The lowest BCUT2D eigenvalue weighted by molar-refractivity contribution is 0.587. The van der Waals surface area contributed by atoms with E-state index < -0.39 is 0 Å². The first kappa shape index (κ1) is 15.0. The molecule has 0 amide bonds. The van der Waals surface area contributed by atoms with Crippen molar-refractivity contribution in [2.24, 2.45) is 0 Å². The fourth-order valence-corrected chi connectivity index (χ4v) is 1.70. The second kappa shape index (κ2) is 6.74. The predicted octanol–water partition coefficient (Wildman–Crippen LogP) is 3.52. The number of aromatic nitrogens is 1. The normalized spacial score (nSPS) is 11.6. The lowest BCUT2D eigenvalue weighted by Crippen LogP contribution is -2.22. The molecule has 0 bridgehead atoms. The molecule has 0 aliphatic heterocycles. The van der Waals surface area contributed by atoms with E-state index in [0.29, 0.717) is 18.0 Å². The number of anilines is 1. The van der Waals surface area contributed by atoms with E-state index in [-0.39, 0.29) is 0 Å². The Morgan fingerprint density at radius 3 is 2.17 bits per heavy atom. The summed E-state index contributed by atoms with van der Waals surface area (Å²) in [6.07, 6.45) is 0. The van der Waals surface area contributed by atoms with Crippen LogP contribution in [0.15, 0.2) is 12.1 Å². The first-order valence-corrected chi connectivity index (χ1v) is 6.89. The largest absolute Gasteiger partial charge is 0.368 e. The van der Waals surface area contributed by atoms with E-state index in [2.05, 4.69) is 69.3 Å². The molecule has 0 aliphatic rings. The fraction of sp³-hybridized carbons (Fsp3) is 0.667. The van der Waals surface area contributed by atoms with Crippen molar-refractivity contribution in [2.45, 2.75) is 66.1 Å². The number of nitrogens with one attached hydrogen (secondary N) is 2. The topological polar surface area (TPSA) is 37.0 Å². The van der Waals surface area contributed by atoms with E-state index in [4.69, 9.17) is 0 Å². The lowest BCUT2D eigenvalue weighted by atomic mass is 10.1. The highest BCUT2D eigenvalue weighted by Gasteiger charge is 2.07. The van der Waals surface area contributed by atoms with Gasteiger partial charge in [0.25, 0.3) is 0 Å². The molecule has 0 radical (unpaired) electrons. The number of hydrogen-bond donors (Lipinski definition) is 2. The first-order chi connectivity index (χ1) is 8.38. The molecular formula is C15H27N3. The minimum atomic E-state index is 0.408. The zero-order valence-electron chi connectivity index (χ0n) is 12.5. The number of rotatable bonds is 6. The van der Waals surface area contributed by atoms with Crippen LogP contribution in [-0.2, 0) is 6.54 Å². The Balaban J connectivity index is 2.91. The third-order valence-electron chi connectivity index (χ3n) is 2.65. The molecule has 0 unspecified atom stereocenters. The molecule has 3 heteroatoms. The van der Waals surface area contributed by atoms with Crippen LogP contribution in [0.1, 0.15) is 58.7 Å². The fourth-order valence-electron chi connectivity index (χ4n) is 1.70. The summed E-state index contributed by atoms with van der Waals surface area (Å²) in [6.45, 7) is 13.9. The van der Waals surface area contributed by atoms with Gasteiger partial charge >= 0.3 is 0 Å². The van der Waals surface area contributed by atoms with Crippen molar-refractivity contribution in [3.63, 3.8) is 0 Å². The Morgan fingerprint density at radius 2 is 1.67 bits per heavy atom. The lowest BCUT2D eigenvalue weighted by Gasteiger charge is -2.15. The van der Waals surface area contributed by atoms with Crippen LogP contribution in [0.2, 0.25) is 0 Å². The van der Waals surface area contributed by atoms with Crippen LogP contribution in [0, 0.1) is 0 Å². The molecule has 18 heavy (non-hydrogen) atoms. The van der Waals surface area contributed by atoms with Gasteiger partial charge in [0.2, 0.25) is 0 Å².